The predicted octanol–water partition coefficient (Wildman–Crippen LogP) is 8.66. The number of carboxylic acid groups (broad SMARTS) is 1. The molecule has 1 fully saturated rings. The molecule has 1 saturated heterocycles. The summed E-state index contributed by atoms with van der Waals surface area (Å²) in [5.74, 6) is -0.181. The molecule has 3 aliphatic heterocycles. The minimum absolute atomic E-state index is 0.227. The van der Waals surface area contributed by atoms with E-state index >= 15 is 0 Å². The average Bonchev–Trinajstić information content (AvgIpc) is 3.46. The number of alkyl halides is 3. The van der Waals surface area contributed by atoms with Crippen molar-refractivity contribution in [2.75, 3.05) is 24.6 Å². The van der Waals surface area contributed by atoms with Gasteiger partial charge in [0.15, 0.2) is 11.8 Å². The number of aromatic nitrogens is 3. The first kappa shape index (κ1) is 35.7. The summed E-state index contributed by atoms with van der Waals surface area (Å²) in [4.78, 5) is 19.8. The van der Waals surface area contributed by atoms with E-state index in [1.807, 2.05) is 39.8 Å². The van der Waals surface area contributed by atoms with Crippen LogP contribution >= 0.6 is 0 Å². The van der Waals surface area contributed by atoms with E-state index in [-0.39, 0.29) is 11.7 Å². The highest BCUT2D eigenvalue weighted by Gasteiger charge is 2.38. The van der Waals surface area contributed by atoms with Crippen LogP contribution in [0.1, 0.15) is 89.6 Å². The van der Waals surface area contributed by atoms with Gasteiger partial charge in [0.1, 0.15) is 11.6 Å². The Kier molecular flexibility index (Phi) is 9.64. The molecule has 0 unspecified atom stereocenters. The number of piperidine rings is 1. The molecule has 2 atom stereocenters. The summed E-state index contributed by atoms with van der Waals surface area (Å²) in [6.07, 6.45) is -2.27. The van der Waals surface area contributed by atoms with Gasteiger partial charge in [-0.25, -0.2) is 9.78 Å². The molecule has 0 aliphatic carbocycles. The lowest BCUT2D eigenvalue weighted by Gasteiger charge is -2.41. The molecule has 7 rings (SSSR count). The molecule has 9 nitrogen and oxygen atoms in total. The number of anilines is 1. The van der Waals surface area contributed by atoms with Crippen LogP contribution < -0.4 is 9.64 Å². The fourth-order valence-electron chi connectivity index (χ4n) is 6.80. The van der Waals surface area contributed by atoms with Crippen LogP contribution in [0, 0.1) is 6.92 Å². The van der Waals surface area contributed by atoms with Crippen molar-refractivity contribution in [2.24, 2.45) is 0 Å². The topological polar surface area (TPSA) is 98.4 Å². The molecule has 2 aromatic heterocycles. The van der Waals surface area contributed by atoms with Crippen molar-refractivity contribution in [3.63, 3.8) is 0 Å². The van der Waals surface area contributed by atoms with Crippen molar-refractivity contribution in [3.05, 3.63) is 65.4 Å². The summed E-state index contributed by atoms with van der Waals surface area (Å²) in [5.41, 5.74) is 1.60. The number of carbonyl (C=O) groups is 1. The first-order valence-corrected chi connectivity index (χ1v) is 17.2. The van der Waals surface area contributed by atoms with Crippen LogP contribution in [0.5, 0.6) is 5.75 Å². The molecular formula is C38H45F3N4O5. The highest BCUT2D eigenvalue weighted by atomic mass is 19.4. The van der Waals surface area contributed by atoms with Gasteiger partial charge in [0, 0.05) is 42.6 Å². The number of aliphatic carboxylic acids is 1. The Bertz CT molecular complexity index is 1870. The van der Waals surface area contributed by atoms with E-state index in [1.165, 1.54) is 6.07 Å². The Hall–Kier alpha value is -4.16. The highest BCUT2D eigenvalue weighted by Crippen LogP contribution is 2.41. The zero-order chi connectivity index (χ0) is 36.0. The third-order valence-electron chi connectivity index (χ3n) is 9.44. The van der Waals surface area contributed by atoms with E-state index in [1.54, 1.807) is 29.6 Å². The number of halogens is 3. The van der Waals surface area contributed by atoms with Gasteiger partial charge in [-0.1, -0.05) is 18.2 Å². The molecule has 0 saturated carbocycles. The SMILES string of the molecule is Cc1nc2cc3nn2c(c1[C@H](OC(C)(C)C)C(=O)O)N1CCC(C)(CC1)OCCCC[C@@H](C)Oc1ccc(C(F)(F)F)cc1-c1cccc-3c1. The first-order chi connectivity index (χ1) is 23.5. The molecule has 1 N–H and O–H groups in total. The molecule has 2 aromatic carbocycles. The lowest BCUT2D eigenvalue weighted by atomic mass is 9.92. The fourth-order valence-corrected chi connectivity index (χ4v) is 6.80. The number of rotatable bonds is 3. The summed E-state index contributed by atoms with van der Waals surface area (Å²) >= 11 is 0. The Labute approximate surface area is 290 Å². The molecule has 0 amide bonds. The van der Waals surface area contributed by atoms with Crippen LogP contribution in [-0.2, 0) is 20.4 Å². The minimum Gasteiger partial charge on any atom is -0.490 e. The Morgan fingerprint density at radius 1 is 1.06 bits per heavy atom. The fraction of sp³-hybridized carbons (Fsp3) is 0.500. The summed E-state index contributed by atoms with van der Waals surface area (Å²) in [7, 11) is 0. The second-order valence-corrected chi connectivity index (χ2v) is 14.7. The molecular weight excluding hydrogens is 649 g/mol. The number of hydrogen-bond donors (Lipinski definition) is 1. The Morgan fingerprint density at radius 3 is 2.46 bits per heavy atom. The molecule has 268 valence electrons. The van der Waals surface area contributed by atoms with Crippen LogP contribution in [0.4, 0.5) is 19.0 Å². The van der Waals surface area contributed by atoms with Gasteiger partial charge in [0.2, 0.25) is 0 Å². The van der Waals surface area contributed by atoms with Crippen LogP contribution in [0.15, 0.2) is 48.5 Å². The van der Waals surface area contributed by atoms with Gasteiger partial charge >= 0.3 is 12.1 Å². The third-order valence-corrected chi connectivity index (χ3v) is 9.44. The summed E-state index contributed by atoms with van der Waals surface area (Å²) in [6, 6.07) is 12.6. The van der Waals surface area contributed by atoms with Crippen LogP contribution in [0.3, 0.4) is 0 Å². The van der Waals surface area contributed by atoms with Gasteiger partial charge in [-0.05, 0) is 103 Å². The van der Waals surface area contributed by atoms with E-state index in [9.17, 15) is 23.1 Å². The molecule has 0 spiro atoms. The minimum atomic E-state index is -4.53. The quantitative estimate of drug-likeness (QED) is 0.228. The molecule has 5 heterocycles. The lowest BCUT2D eigenvalue weighted by Crippen LogP contribution is -2.46. The highest BCUT2D eigenvalue weighted by molar-refractivity contribution is 5.80. The van der Waals surface area contributed by atoms with Gasteiger partial charge in [0.05, 0.1) is 34.1 Å². The van der Waals surface area contributed by atoms with Crippen molar-refractivity contribution in [3.8, 4) is 28.1 Å². The number of carboxylic acids is 1. The normalized spacial score (nSPS) is 21.1. The smallest absolute Gasteiger partial charge is 0.416 e. The molecule has 12 heteroatoms. The van der Waals surface area contributed by atoms with E-state index in [4.69, 9.17) is 24.3 Å². The van der Waals surface area contributed by atoms with Gasteiger partial charge in [0.25, 0.3) is 0 Å². The molecule has 3 aliphatic rings. The monoisotopic (exact) mass is 694 g/mol. The standard InChI is InChI=1S/C38H45F3N4O5/c1-23-10-7-8-19-48-37(6)15-17-44(18-16-37)34-32(33(35(46)47)50-36(3,4)5)24(2)42-31-22-29(43-45(31)34)26-12-9-11-25(20-26)28-21-27(38(39,40)41)13-14-30(28)49-23/h9,11-14,20-23,33H,7-8,10,15-19H2,1-6H3,(H,46,47)/t23-,33+/m1/s1. The predicted molar refractivity (Wildman–Crippen MR) is 185 cm³/mol. The maximum absolute atomic E-state index is 13.9. The Balaban J connectivity index is 1.55. The van der Waals surface area contributed by atoms with E-state index in [0.29, 0.717) is 77.0 Å². The van der Waals surface area contributed by atoms with Crippen molar-refractivity contribution >= 4 is 17.4 Å². The number of aryl methyl sites for hydroxylation is 1. The van der Waals surface area contributed by atoms with E-state index < -0.39 is 29.4 Å². The number of benzene rings is 2. The summed E-state index contributed by atoms with van der Waals surface area (Å²) in [5, 5.41) is 15.4. The summed E-state index contributed by atoms with van der Waals surface area (Å²) in [6.45, 7) is 13.0. The maximum atomic E-state index is 13.9. The van der Waals surface area contributed by atoms with Crippen molar-refractivity contribution in [2.45, 2.75) is 103 Å². The average molecular weight is 695 g/mol. The molecule has 4 aromatic rings. The Morgan fingerprint density at radius 2 is 1.78 bits per heavy atom. The van der Waals surface area contributed by atoms with Crippen molar-refractivity contribution in [1.29, 1.82) is 0 Å². The number of ether oxygens (including phenoxy) is 3. The van der Waals surface area contributed by atoms with E-state index in [2.05, 4.69) is 11.8 Å². The first-order valence-electron chi connectivity index (χ1n) is 17.2. The molecule has 0 radical (unpaired) electrons. The second kappa shape index (κ2) is 13.5. The van der Waals surface area contributed by atoms with Crippen molar-refractivity contribution in [1.82, 2.24) is 14.6 Å². The zero-order valence-corrected chi connectivity index (χ0v) is 29.4. The van der Waals surface area contributed by atoms with Gasteiger partial charge < -0.3 is 24.2 Å². The van der Waals surface area contributed by atoms with Gasteiger partial charge in [-0.3, -0.25) is 0 Å². The summed E-state index contributed by atoms with van der Waals surface area (Å²) < 4.78 is 62.3. The molecule has 6 bridgehead atoms. The number of hydrogen-bond acceptors (Lipinski definition) is 7. The lowest BCUT2D eigenvalue weighted by molar-refractivity contribution is -0.160. The van der Waals surface area contributed by atoms with Crippen LogP contribution in [0.25, 0.3) is 28.0 Å². The van der Waals surface area contributed by atoms with Gasteiger partial charge in [-0.2, -0.15) is 22.8 Å². The van der Waals surface area contributed by atoms with Crippen molar-refractivity contribution < 1.29 is 37.3 Å². The van der Waals surface area contributed by atoms with Crippen LogP contribution in [-0.4, -0.2) is 62.7 Å². The maximum Gasteiger partial charge on any atom is 0.416 e. The zero-order valence-electron chi connectivity index (χ0n) is 29.4. The van der Waals surface area contributed by atoms with Gasteiger partial charge in [-0.15, -0.1) is 0 Å². The van der Waals surface area contributed by atoms with Crippen LogP contribution in [0.2, 0.25) is 0 Å². The number of nitrogens with zero attached hydrogens (tertiary/aromatic N) is 4. The second-order valence-electron chi connectivity index (χ2n) is 14.7. The third kappa shape index (κ3) is 7.61. The molecule has 50 heavy (non-hydrogen) atoms. The number of fused-ring (bicyclic) bond motifs is 8. The largest absolute Gasteiger partial charge is 0.490 e. The van der Waals surface area contributed by atoms with E-state index in [0.717, 1.165) is 37.8 Å².